The minimum atomic E-state index is -3.77. The summed E-state index contributed by atoms with van der Waals surface area (Å²) in [5.74, 6) is 0. The molecule has 0 fully saturated rings. The molecule has 2 N–H and O–H groups in total. The van der Waals surface area contributed by atoms with Gasteiger partial charge in [-0.1, -0.05) is 0 Å². The van der Waals surface area contributed by atoms with Crippen LogP contribution in [0.4, 0.5) is 5.69 Å². The zero-order valence-electron chi connectivity index (χ0n) is 11.1. The Bertz CT molecular complexity index is 696. The Morgan fingerprint density at radius 2 is 1.95 bits per heavy atom. The molecule has 8 nitrogen and oxygen atoms in total. The lowest BCUT2D eigenvalue weighted by Crippen LogP contribution is -2.15. The molecule has 108 valence electrons. The van der Waals surface area contributed by atoms with E-state index in [9.17, 15) is 8.42 Å². The van der Waals surface area contributed by atoms with Crippen LogP contribution in [0.1, 0.15) is 11.4 Å². The molecule has 2 aromatic heterocycles. The molecule has 2 rings (SSSR count). The molecule has 0 amide bonds. The van der Waals surface area contributed by atoms with Gasteiger partial charge in [-0.2, -0.15) is 5.10 Å². The highest BCUT2D eigenvalue weighted by Crippen LogP contribution is 2.21. The second kappa shape index (κ2) is 5.55. The lowest BCUT2D eigenvalue weighted by atomic mass is 10.4. The largest absolute Gasteiger partial charge is 0.394 e. The summed E-state index contributed by atoms with van der Waals surface area (Å²) in [6.07, 6.45) is 4.05. The SMILES string of the molecule is Cc1nn(CCO)c(C)c1S(=O)(=O)Nc1cncnc1. The molecule has 0 saturated heterocycles. The third kappa shape index (κ3) is 2.78. The molecule has 0 radical (unpaired) electrons. The van der Waals surface area contributed by atoms with Crippen molar-refractivity contribution in [3.8, 4) is 0 Å². The smallest absolute Gasteiger partial charge is 0.265 e. The number of anilines is 1. The molecule has 0 atom stereocenters. The average molecular weight is 297 g/mol. The van der Waals surface area contributed by atoms with Crippen LogP contribution in [-0.2, 0) is 16.6 Å². The average Bonchev–Trinajstić information content (AvgIpc) is 2.66. The zero-order chi connectivity index (χ0) is 14.8. The fourth-order valence-electron chi connectivity index (χ4n) is 1.94. The van der Waals surface area contributed by atoms with Crippen molar-refractivity contribution >= 4 is 15.7 Å². The summed E-state index contributed by atoms with van der Waals surface area (Å²) in [4.78, 5) is 7.61. The normalized spacial score (nSPS) is 11.6. The first-order chi connectivity index (χ1) is 9.45. The van der Waals surface area contributed by atoms with Crippen molar-refractivity contribution in [3.63, 3.8) is 0 Å². The third-order valence-corrected chi connectivity index (χ3v) is 4.34. The van der Waals surface area contributed by atoms with E-state index in [4.69, 9.17) is 5.11 Å². The van der Waals surface area contributed by atoms with Crippen molar-refractivity contribution in [2.75, 3.05) is 11.3 Å². The molecule has 0 aliphatic carbocycles. The van der Waals surface area contributed by atoms with Gasteiger partial charge in [0.1, 0.15) is 11.2 Å². The minimum Gasteiger partial charge on any atom is -0.394 e. The molecule has 0 spiro atoms. The molecule has 0 saturated carbocycles. The van der Waals surface area contributed by atoms with E-state index in [-0.39, 0.29) is 23.7 Å². The fourth-order valence-corrected chi connectivity index (χ4v) is 3.38. The van der Waals surface area contributed by atoms with Crippen LogP contribution >= 0.6 is 0 Å². The van der Waals surface area contributed by atoms with E-state index in [1.165, 1.54) is 23.4 Å². The number of hydrogen-bond donors (Lipinski definition) is 2. The van der Waals surface area contributed by atoms with Crippen molar-refractivity contribution in [1.82, 2.24) is 19.7 Å². The Morgan fingerprint density at radius 1 is 1.30 bits per heavy atom. The van der Waals surface area contributed by atoms with Gasteiger partial charge in [0.05, 0.1) is 42.6 Å². The number of aliphatic hydroxyl groups is 1. The van der Waals surface area contributed by atoms with Gasteiger partial charge < -0.3 is 5.11 Å². The Hall–Kier alpha value is -2.00. The summed E-state index contributed by atoms with van der Waals surface area (Å²) in [7, 11) is -3.77. The molecular formula is C11H15N5O3S. The number of nitrogens with zero attached hydrogens (tertiary/aromatic N) is 4. The van der Waals surface area contributed by atoms with Gasteiger partial charge in [0, 0.05) is 0 Å². The number of nitrogens with one attached hydrogen (secondary N) is 1. The maximum absolute atomic E-state index is 12.4. The second-order valence-corrected chi connectivity index (χ2v) is 5.80. The molecule has 0 aliphatic heterocycles. The van der Waals surface area contributed by atoms with Gasteiger partial charge in [-0.3, -0.25) is 9.40 Å². The predicted octanol–water partition coefficient (Wildman–Crippen LogP) is 0.0830. The molecule has 2 aromatic rings. The maximum Gasteiger partial charge on any atom is 0.265 e. The van der Waals surface area contributed by atoms with E-state index in [1.807, 2.05) is 0 Å². The molecule has 0 aromatic carbocycles. The van der Waals surface area contributed by atoms with Gasteiger partial charge in [0.25, 0.3) is 10.0 Å². The van der Waals surface area contributed by atoms with Crippen LogP contribution in [0.2, 0.25) is 0 Å². The van der Waals surface area contributed by atoms with Gasteiger partial charge in [-0.05, 0) is 13.8 Å². The lowest BCUT2D eigenvalue weighted by molar-refractivity contribution is 0.267. The Kier molecular flexibility index (Phi) is 4.00. The topological polar surface area (TPSA) is 110 Å². The standard InChI is InChI=1S/C11H15N5O3S/c1-8-11(9(2)16(14-8)3-4-17)20(18,19)15-10-5-12-7-13-6-10/h5-7,15,17H,3-4H2,1-2H3. The number of hydrogen-bond acceptors (Lipinski definition) is 6. The molecule has 20 heavy (non-hydrogen) atoms. The van der Waals surface area contributed by atoms with E-state index >= 15 is 0 Å². The van der Waals surface area contributed by atoms with E-state index < -0.39 is 10.0 Å². The van der Waals surface area contributed by atoms with Crippen LogP contribution in [0.3, 0.4) is 0 Å². The van der Waals surface area contributed by atoms with Gasteiger partial charge in [0.15, 0.2) is 0 Å². The molecule has 0 unspecified atom stereocenters. The van der Waals surface area contributed by atoms with E-state index in [0.717, 1.165) is 0 Å². The Balaban J connectivity index is 2.40. The summed E-state index contributed by atoms with van der Waals surface area (Å²) in [6.45, 7) is 3.39. The highest BCUT2D eigenvalue weighted by Gasteiger charge is 2.24. The van der Waals surface area contributed by atoms with Crippen LogP contribution in [0.15, 0.2) is 23.6 Å². The lowest BCUT2D eigenvalue weighted by Gasteiger charge is -2.07. The molecule has 2 heterocycles. The second-order valence-electron chi connectivity index (χ2n) is 4.18. The van der Waals surface area contributed by atoms with Crippen LogP contribution in [-0.4, -0.2) is 39.9 Å². The summed E-state index contributed by atoms with van der Waals surface area (Å²) in [6, 6.07) is 0. The van der Waals surface area contributed by atoms with Crippen molar-refractivity contribution in [2.24, 2.45) is 0 Å². The quantitative estimate of drug-likeness (QED) is 0.809. The number of aryl methyl sites for hydroxylation is 1. The number of sulfonamides is 1. The summed E-state index contributed by atoms with van der Waals surface area (Å²) >= 11 is 0. The monoisotopic (exact) mass is 297 g/mol. The predicted molar refractivity (Wildman–Crippen MR) is 71.6 cm³/mol. The van der Waals surface area contributed by atoms with Gasteiger partial charge in [0.2, 0.25) is 0 Å². The molecule has 0 aliphatic rings. The Labute approximate surface area is 116 Å². The van der Waals surface area contributed by atoms with Gasteiger partial charge in [-0.15, -0.1) is 0 Å². The van der Waals surface area contributed by atoms with E-state index in [0.29, 0.717) is 11.4 Å². The fraction of sp³-hybridized carbons (Fsp3) is 0.364. The first-order valence-electron chi connectivity index (χ1n) is 5.88. The zero-order valence-corrected chi connectivity index (χ0v) is 11.9. The van der Waals surface area contributed by atoms with E-state index in [1.54, 1.807) is 13.8 Å². The first-order valence-corrected chi connectivity index (χ1v) is 7.36. The summed E-state index contributed by atoms with van der Waals surface area (Å²) in [5.41, 5.74) is 1.13. The summed E-state index contributed by atoms with van der Waals surface area (Å²) in [5, 5.41) is 13.1. The maximum atomic E-state index is 12.4. The Morgan fingerprint density at radius 3 is 2.55 bits per heavy atom. The van der Waals surface area contributed by atoms with Crippen molar-refractivity contribution < 1.29 is 13.5 Å². The van der Waals surface area contributed by atoms with Gasteiger partial charge in [-0.25, -0.2) is 18.4 Å². The van der Waals surface area contributed by atoms with Crippen LogP contribution < -0.4 is 4.72 Å². The molecule has 9 heteroatoms. The van der Waals surface area contributed by atoms with E-state index in [2.05, 4.69) is 19.8 Å². The number of aromatic nitrogens is 4. The van der Waals surface area contributed by atoms with Crippen molar-refractivity contribution in [2.45, 2.75) is 25.3 Å². The highest BCUT2D eigenvalue weighted by atomic mass is 32.2. The van der Waals surface area contributed by atoms with Crippen LogP contribution in [0, 0.1) is 13.8 Å². The van der Waals surface area contributed by atoms with Crippen molar-refractivity contribution in [1.29, 1.82) is 0 Å². The minimum absolute atomic E-state index is 0.106. The third-order valence-electron chi connectivity index (χ3n) is 2.71. The number of rotatable bonds is 5. The summed E-state index contributed by atoms with van der Waals surface area (Å²) < 4.78 is 28.6. The van der Waals surface area contributed by atoms with Crippen LogP contribution in [0.5, 0.6) is 0 Å². The molecule has 0 bridgehead atoms. The van der Waals surface area contributed by atoms with Crippen molar-refractivity contribution in [3.05, 3.63) is 30.1 Å². The number of aliphatic hydroxyl groups excluding tert-OH is 1. The van der Waals surface area contributed by atoms with Crippen LogP contribution in [0.25, 0.3) is 0 Å². The van der Waals surface area contributed by atoms with Gasteiger partial charge >= 0.3 is 0 Å². The highest BCUT2D eigenvalue weighted by molar-refractivity contribution is 7.92. The first kappa shape index (κ1) is 14.4. The molecular weight excluding hydrogens is 282 g/mol.